The predicted octanol–water partition coefficient (Wildman–Crippen LogP) is 3.32. The second-order valence-corrected chi connectivity index (χ2v) is 3.04. The Labute approximate surface area is 73.3 Å². The highest BCUT2D eigenvalue weighted by Gasteiger charge is 2.04. The first-order chi connectivity index (χ1) is 5.90. The van der Waals surface area contributed by atoms with Gasteiger partial charge in [0.05, 0.1) is 0 Å². The van der Waals surface area contributed by atoms with Crippen LogP contribution in [0.2, 0.25) is 0 Å². The van der Waals surface area contributed by atoms with Crippen LogP contribution in [-0.4, -0.2) is 0 Å². The van der Waals surface area contributed by atoms with E-state index in [1.165, 1.54) is 16.7 Å². The number of allylic oxidation sites excluding steroid dienone is 10. The van der Waals surface area contributed by atoms with Gasteiger partial charge in [-0.05, 0) is 23.1 Å². The molecule has 0 heterocycles. The highest BCUT2D eigenvalue weighted by Crippen LogP contribution is 2.23. The van der Waals surface area contributed by atoms with Gasteiger partial charge in [0.1, 0.15) is 0 Å². The van der Waals surface area contributed by atoms with E-state index in [-0.39, 0.29) is 0 Å². The SMILES string of the molecule is CCC1=CC(=C2C=CC=C2)C=C1. The van der Waals surface area contributed by atoms with E-state index >= 15 is 0 Å². The summed E-state index contributed by atoms with van der Waals surface area (Å²) in [5, 5.41) is 0. The van der Waals surface area contributed by atoms with Gasteiger partial charge in [-0.15, -0.1) is 0 Å². The molecule has 0 bridgehead atoms. The molecule has 0 aromatic heterocycles. The molecule has 12 heavy (non-hydrogen) atoms. The topological polar surface area (TPSA) is 0 Å². The van der Waals surface area contributed by atoms with Gasteiger partial charge in [-0.2, -0.15) is 0 Å². The van der Waals surface area contributed by atoms with Gasteiger partial charge in [0.25, 0.3) is 0 Å². The number of hydrogen-bond acceptors (Lipinski definition) is 0. The van der Waals surface area contributed by atoms with Crippen molar-refractivity contribution >= 4 is 0 Å². The summed E-state index contributed by atoms with van der Waals surface area (Å²) in [4.78, 5) is 0. The van der Waals surface area contributed by atoms with Crippen LogP contribution in [-0.2, 0) is 0 Å². The maximum atomic E-state index is 2.26. The molecule has 0 N–H and O–H groups in total. The van der Waals surface area contributed by atoms with Gasteiger partial charge in [0.2, 0.25) is 0 Å². The second kappa shape index (κ2) is 2.98. The molecular weight excluding hydrogens is 144 g/mol. The number of rotatable bonds is 1. The molecule has 2 rings (SSSR count). The predicted molar refractivity (Wildman–Crippen MR) is 52.8 cm³/mol. The van der Waals surface area contributed by atoms with E-state index < -0.39 is 0 Å². The lowest BCUT2D eigenvalue weighted by molar-refractivity contribution is 1.16. The first-order valence-corrected chi connectivity index (χ1v) is 4.38. The van der Waals surface area contributed by atoms with Crippen LogP contribution < -0.4 is 0 Å². The van der Waals surface area contributed by atoms with Gasteiger partial charge in [-0.3, -0.25) is 0 Å². The smallest absolute Gasteiger partial charge is 0.0181 e. The second-order valence-electron chi connectivity index (χ2n) is 3.04. The molecular formula is C12H12. The van der Waals surface area contributed by atoms with E-state index in [2.05, 4.69) is 49.5 Å². The summed E-state index contributed by atoms with van der Waals surface area (Å²) in [5.74, 6) is 0. The maximum absolute atomic E-state index is 2.26. The van der Waals surface area contributed by atoms with Crippen LogP contribution in [0.4, 0.5) is 0 Å². The Morgan fingerprint density at radius 1 is 0.917 bits per heavy atom. The van der Waals surface area contributed by atoms with E-state index in [1.807, 2.05) is 0 Å². The van der Waals surface area contributed by atoms with Gasteiger partial charge >= 0.3 is 0 Å². The third-order valence-corrected chi connectivity index (χ3v) is 2.22. The molecule has 0 saturated carbocycles. The molecule has 0 radical (unpaired) electrons. The minimum absolute atomic E-state index is 1.13. The Bertz CT molecular complexity index is 319. The average Bonchev–Trinajstić information content (AvgIpc) is 2.75. The van der Waals surface area contributed by atoms with Gasteiger partial charge in [-0.25, -0.2) is 0 Å². The first kappa shape index (κ1) is 7.35. The molecule has 0 amide bonds. The van der Waals surface area contributed by atoms with Crippen molar-refractivity contribution in [3.05, 3.63) is 59.3 Å². The molecule has 0 unspecified atom stereocenters. The van der Waals surface area contributed by atoms with Gasteiger partial charge in [0, 0.05) is 0 Å². The lowest BCUT2D eigenvalue weighted by Gasteiger charge is -1.93. The van der Waals surface area contributed by atoms with Crippen molar-refractivity contribution in [3.8, 4) is 0 Å². The monoisotopic (exact) mass is 156 g/mol. The fourth-order valence-corrected chi connectivity index (χ4v) is 1.46. The molecule has 2 aliphatic rings. The zero-order valence-electron chi connectivity index (χ0n) is 7.25. The highest BCUT2D eigenvalue weighted by molar-refractivity contribution is 5.56. The Balaban J connectivity index is 2.34. The Morgan fingerprint density at radius 3 is 2.25 bits per heavy atom. The minimum atomic E-state index is 1.13. The van der Waals surface area contributed by atoms with Crippen LogP contribution in [0.5, 0.6) is 0 Å². The Morgan fingerprint density at radius 2 is 1.67 bits per heavy atom. The zero-order valence-corrected chi connectivity index (χ0v) is 7.25. The quantitative estimate of drug-likeness (QED) is 0.546. The molecule has 0 fully saturated rings. The van der Waals surface area contributed by atoms with Gasteiger partial charge < -0.3 is 0 Å². The molecule has 0 aromatic carbocycles. The van der Waals surface area contributed by atoms with E-state index in [9.17, 15) is 0 Å². The van der Waals surface area contributed by atoms with Crippen LogP contribution in [0.15, 0.2) is 59.3 Å². The van der Waals surface area contributed by atoms with Crippen molar-refractivity contribution in [1.29, 1.82) is 0 Å². The lowest BCUT2D eigenvalue weighted by atomic mass is 10.1. The fraction of sp³-hybridized carbons (Fsp3) is 0.167. The first-order valence-electron chi connectivity index (χ1n) is 4.38. The van der Waals surface area contributed by atoms with Gasteiger partial charge in [-0.1, -0.05) is 49.5 Å². The molecule has 60 valence electrons. The average molecular weight is 156 g/mol. The normalized spacial score (nSPS) is 19.6. The van der Waals surface area contributed by atoms with Crippen molar-refractivity contribution in [1.82, 2.24) is 0 Å². The minimum Gasteiger partial charge on any atom is -0.0616 e. The van der Waals surface area contributed by atoms with Crippen LogP contribution in [0, 0.1) is 0 Å². The summed E-state index contributed by atoms with van der Waals surface area (Å²) < 4.78 is 0. The molecule has 0 aromatic rings. The fourth-order valence-electron chi connectivity index (χ4n) is 1.46. The van der Waals surface area contributed by atoms with Crippen LogP contribution >= 0.6 is 0 Å². The summed E-state index contributed by atoms with van der Waals surface area (Å²) in [7, 11) is 0. The van der Waals surface area contributed by atoms with E-state index in [4.69, 9.17) is 0 Å². The Kier molecular flexibility index (Phi) is 1.83. The molecule has 0 saturated heterocycles. The summed E-state index contributed by atoms with van der Waals surface area (Å²) in [6, 6.07) is 0. The molecule has 0 atom stereocenters. The van der Waals surface area contributed by atoms with Crippen molar-refractivity contribution in [2.24, 2.45) is 0 Å². The number of hydrogen-bond donors (Lipinski definition) is 0. The van der Waals surface area contributed by atoms with Crippen LogP contribution in [0.1, 0.15) is 13.3 Å². The van der Waals surface area contributed by atoms with Crippen molar-refractivity contribution in [2.75, 3.05) is 0 Å². The summed E-state index contributed by atoms with van der Waals surface area (Å²) in [6.45, 7) is 2.18. The van der Waals surface area contributed by atoms with E-state index in [1.54, 1.807) is 0 Å². The zero-order chi connectivity index (χ0) is 8.39. The highest BCUT2D eigenvalue weighted by atomic mass is 14.1. The van der Waals surface area contributed by atoms with Crippen molar-refractivity contribution in [3.63, 3.8) is 0 Å². The lowest BCUT2D eigenvalue weighted by Crippen LogP contribution is -1.74. The van der Waals surface area contributed by atoms with Crippen molar-refractivity contribution < 1.29 is 0 Å². The third kappa shape index (κ3) is 1.20. The summed E-state index contributed by atoms with van der Waals surface area (Å²) >= 11 is 0. The summed E-state index contributed by atoms with van der Waals surface area (Å²) in [5.41, 5.74) is 4.10. The maximum Gasteiger partial charge on any atom is -0.0181 e. The molecule has 2 aliphatic carbocycles. The summed E-state index contributed by atoms with van der Waals surface area (Å²) in [6.07, 6.45) is 16.2. The van der Waals surface area contributed by atoms with E-state index in [0.717, 1.165) is 6.42 Å². The molecule has 0 nitrogen and oxygen atoms in total. The largest absolute Gasteiger partial charge is 0.0616 e. The van der Waals surface area contributed by atoms with Crippen molar-refractivity contribution in [2.45, 2.75) is 13.3 Å². The van der Waals surface area contributed by atoms with Crippen LogP contribution in [0.25, 0.3) is 0 Å². The van der Waals surface area contributed by atoms with E-state index in [0.29, 0.717) is 0 Å². The van der Waals surface area contributed by atoms with Gasteiger partial charge in [0.15, 0.2) is 0 Å². The standard InChI is InChI=1S/C12H12/c1-2-10-7-8-12(9-10)11-5-3-4-6-11/h3-9H,2H2,1H3. The molecule has 0 heteroatoms. The molecule has 0 spiro atoms. The Hall–Kier alpha value is -1.30. The van der Waals surface area contributed by atoms with Crippen LogP contribution in [0.3, 0.4) is 0 Å². The third-order valence-electron chi connectivity index (χ3n) is 2.22. The molecule has 0 aliphatic heterocycles.